The van der Waals surface area contributed by atoms with Crippen LogP contribution in [0.3, 0.4) is 0 Å². The van der Waals surface area contributed by atoms with Crippen LogP contribution in [-0.4, -0.2) is 42.4 Å². The van der Waals surface area contributed by atoms with Gasteiger partial charge in [0, 0.05) is 25.1 Å². The lowest BCUT2D eigenvalue weighted by atomic mass is 9.99. The van der Waals surface area contributed by atoms with E-state index < -0.39 is 23.8 Å². The van der Waals surface area contributed by atoms with Gasteiger partial charge in [-0.1, -0.05) is 18.2 Å². The molecule has 2 aromatic carbocycles. The Bertz CT molecular complexity index is 1090. The Morgan fingerprint density at radius 2 is 1.89 bits per heavy atom. The molecule has 4 atom stereocenters. The van der Waals surface area contributed by atoms with Crippen LogP contribution in [0.1, 0.15) is 68.4 Å². The van der Waals surface area contributed by atoms with Crippen LogP contribution in [0.2, 0.25) is 0 Å². The number of allylic oxidation sites excluding steroid dienone is 1. The van der Waals surface area contributed by atoms with Crippen molar-refractivity contribution in [2.24, 2.45) is 0 Å². The minimum absolute atomic E-state index is 0.0383. The maximum Gasteiger partial charge on any atom is 0.220 e. The molecule has 3 N–H and O–H groups in total. The van der Waals surface area contributed by atoms with Crippen molar-refractivity contribution < 1.29 is 28.2 Å². The Morgan fingerprint density at radius 3 is 2.65 bits per heavy atom. The van der Waals surface area contributed by atoms with Crippen LogP contribution in [0.4, 0.5) is 8.78 Å². The molecule has 37 heavy (non-hydrogen) atoms. The van der Waals surface area contributed by atoms with Gasteiger partial charge in [-0.25, -0.2) is 8.78 Å². The minimum Gasteiger partial charge on any atom is -0.491 e. The van der Waals surface area contributed by atoms with Gasteiger partial charge in [0.1, 0.15) is 17.4 Å². The molecule has 0 radical (unpaired) electrons. The van der Waals surface area contributed by atoms with E-state index in [1.165, 1.54) is 12.1 Å². The zero-order valence-corrected chi connectivity index (χ0v) is 21.4. The lowest BCUT2D eigenvalue weighted by Gasteiger charge is -2.26. The topological polar surface area (TPSA) is 79.8 Å². The highest BCUT2D eigenvalue weighted by molar-refractivity contribution is 5.76. The first-order valence-electron chi connectivity index (χ1n) is 13.0. The van der Waals surface area contributed by atoms with E-state index in [1.807, 2.05) is 44.2 Å². The molecule has 0 saturated heterocycles. The number of carbonyl (C=O) groups excluding carboxylic acids is 1. The standard InChI is InChI=1S/C29H36F2N2O4/c1-18(2)37-22-8-9-23-24(15-22)25-16-28(23)36-10-6-4-3-5-7-29(35)33-26(27(34)17-32-25)13-19-11-20(30)14-21(31)12-19/h4,6,8-9,11-12,14-15,18,25-28,32,34H,3,5,7,10,13,16-17H2,1-2H3,(H,33,35)/b6-4+/t25-,26-,27+,28+/m0/s1. The molecule has 2 aliphatic rings. The van der Waals surface area contributed by atoms with Gasteiger partial charge >= 0.3 is 0 Å². The van der Waals surface area contributed by atoms with Gasteiger partial charge in [-0.05, 0) is 80.5 Å². The average Bonchev–Trinajstić information content (AvgIpc) is 3.16. The summed E-state index contributed by atoms with van der Waals surface area (Å²) in [6.07, 6.45) is 5.38. The Labute approximate surface area is 217 Å². The number of benzene rings is 2. The monoisotopic (exact) mass is 514 g/mol. The second-order valence-electron chi connectivity index (χ2n) is 10.1. The van der Waals surface area contributed by atoms with Crippen LogP contribution in [-0.2, 0) is 16.0 Å². The summed E-state index contributed by atoms with van der Waals surface area (Å²) in [4.78, 5) is 12.6. The lowest BCUT2D eigenvalue weighted by Crippen LogP contribution is -2.49. The highest BCUT2D eigenvalue weighted by Gasteiger charge is 2.33. The van der Waals surface area contributed by atoms with E-state index in [2.05, 4.69) is 10.6 Å². The molecule has 0 spiro atoms. The van der Waals surface area contributed by atoms with E-state index in [0.717, 1.165) is 29.4 Å². The first-order valence-corrected chi connectivity index (χ1v) is 13.0. The van der Waals surface area contributed by atoms with Crippen LogP contribution in [0.15, 0.2) is 48.6 Å². The largest absolute Gasteiger partial charge is 0.491 e. The molecule has 1 aliphatic carbocycles. The Morgan fingerprint density at radius 1 is 1.11 bits per heavy atom. The van der Waals surface area contributed by atoms with Gasteiger partial charge in [-0.2, -0.15) is 0 Å². The third kappa shape index (κ3) is 7.60. The van der Waals surface area contributed by atoms with Crippen molar-refractivity contribution in [3.8, 4) is 5.75 Å². The van der Waals surface area contributed by atoms with Crippen LogP contribution < -0.4 is 15.4 Å². The van der Waals surface area contributed by atoms with E-state index in [0.29, 0.717) is 25.0 Å². The quantitative estimate of drug-likeness (QED) is 0.517. The van der Waals surface area contributed by atoms with Crippen molar-refractivity contribution in [1.29, 1.82) is 0 Å². The summed E-state index contributed by atoms with van der Waals surface area (Å²) in [7, 11) is 0. The van der Waals surface area contributed by atoms with Crippen molar-refractivity contribution in [3.05, 3.63) is 76.9 Å². The summed E-state index contributed by atoms with van der Waals surface area (Å²) in [5.74, 6) is -0.825. The molecular weight excluding hydrogens is 478 g/mol. The molecular formula is C29H36F2N2O4. The number of β-amino-alcohol motifs (C(OH)–C–C–N with tert-alkyl or cyclic N) is 1. The highest BCUT2D eigenvalue weighted by atomic mass is 19.1. The molecule has 0 unspecified atom stereocenters. The van der Waals surface area contributed by atoms with E-state index in [9.17, 15) is 18.7 Å². The van der Waals surface area contributed by atoms with Gasteiger partial charge in [0.05, 0.1) is 31.0 Å². The molecule has 0 fully saturated rings. The van der Waals surface area contributed by atoms with Crippen LogP contribution in [0.5, 0.6) is 5.75 Å². The number of aliphatic hydroxyl groups is 1. The van der Waals surface area contributed by atoms with Crippen LogP contribution in [0, 0.1) is 11.6 Å². The third-order valence-electron chi connectivity index (χ3n) is 6.70. The number of fused-ring (bicyclic) bond motifs is 5. The summed E-state index contributed by atoms with van der Waals surface area (Å²) in [6, 6.07) is 8.46. The predicted molar refractivity (Wildman–Crippen MR) is 137 cm³/mol. The molecule has 1 aliphatic heterocycles. The van der Waals surface area contributed by atoms with Gasteiger partial charge in [0.25, 0.3) is 0 Å². The molecule has 8 heteroatoms. The van der Waals surface area contributed by atoms with Gasteiger partial charge < -0.3 is 25.2 Å². The SMILES string of the molecule is CC(C)Oc1ccc2c(c1)[C@@H]1C[C@H]2OC/C=C/CCCC(=O)N[C@@H](Cc2cc(F)cc(F)c2)[C@H](O)CN1. The molecule has 1 amide bonds. The fraction of sp³-hybridized carbons (Fsp3) is 0.483. The molecule has 0 saturated carbocycles. The molecule has 4 rings (SSSR count). The van der Waals surface area contributed by atoms with Crippen molar-refractivity contribution in [2.45, 2.75) is 76.3 Å². The number of nitrogens with one attached hydrogen (secondary N) is 2. The summed E-state index contributed by atoms with van der Waals surface area (Å²) >= 11 is 0. The Balaban J connectivity index is 1.56. The first kappa shape index (κ1) is 27.2. The van der Waals surface area contributed by atoms with E-state index in [-0.39, 0.29) is 43.5 Å². The van der Waals surface area contributed by atoms with Gasteiger partial charge in [0.2, 0.25) is 5.91 Å². The molecule has 1 heterocycles. The minimum atomic E-state index is -0.985. The van der Waals surface area contributed by atoms with Crippen LogP contribution >= 0.6 is 0 Å². The van der Waals surface area contributed by atoms with Crippen molar-refractivity contribution in [3.63, 3.8) is 0 Å². The number of carbonyl (C=O) groups is 1. The number of amides is 1. The van der Waals surface area contributed by atoms with Crippen molar-refractivity contribution >= 4 is 5.91 Å². The Kier molecular flexibility index (Phi) is 9.29. The first-order chi connectivity index (χ1) is 17.8. The zero-order chi connectivity index (χ0) is 26.4. The summed E-state index contributed by atoms with van der Waals surface area (Å²) < 4.78 is 39.7. The molecule has 2 aromatic rings. The lowest BCUT2D eigenvalue weighted by molar-refractivity contribution is -0.122. The molecule has 200 valence electrons. The number of hydrogen-bond acceptors (Lipinski definition) is 5. The van der Waals surface area contributed by atoms with Crippen molar-refractivity contribution in [2.75, 3.05) is 13.2 Å². The van der Waals surface area contributed by atoms with Crippen molar-refractivity contribution in [1.82, 2.24) is 10.6 Å². The Hall–Kier alpha value is -2.81. The fourth-order valence-corrected chi connectivity index (χ4v) is 5.00. The molecule has 2 bridgehead atoms. The number of hydrogen-bond donors (Lipinski definition) is 3. The van der Waals surface area contributed by atoms with Gasteiger partial charge in [0.15, 0.2) is 0 Å². The summed E-state index contributed by atoms with van der Waals surface area (Å²) in [6.45, 7) is 4.60. The average molecular weight is 515 g/mol. The summed E-state index contributed by atoms with van der Waals surface area (Å²) in [5.41, 5.74) is 2.51. The molecule has 6 nitrogen and oxygen atoms in total. The highest BCUT2D eigenvalue weighted by Crippen LogP contribution is 2.42. The predicted octanol–water partition coefficient (Wildman–Crippen LogP) is 4.67. The number of aliphatic hydroxyl groups excluding tert-OH is 1. The third-order valence-corrected chi connectivity index (χ3v) is 6.70. The number of ether oxygens (including phenoxy) is 2. The maximum absolute atomic E-state index is 13.8. The van der Waals surface area contributed by atoms with E-state index >= 15 is 0 Å². The fourth-order valence-electron chi connectivity index (χ4n) is 5.00. The normalized spacial score (nSPS) is 25.9. The van der Waals surface area contributed by atoms with Crippen LogP contribution in [0.25, 0.3) is 0 Å². The maximum atomic E-state index is 13.8. The van der Waals surface area contributed by atoms with Gasteiger partial charge in [-0.15, -0.1) is 0 Å². The van der Waals surface area contributed by atoms with E-state index in [4.69, 9.17) is 9.47 Å². The second-order valence-corrected chi connectivity index (χ2v) is 10.1. The second kappa shape index (κ2) is 12.6. The number of rotatable bonds is 4. The smallest absolute Gasteiger partial charge is 0.220 e. The van der Waals surface area contributed by atoms with Gasteiger partial charge in [-0.3, -0.25) is 4.79 Å². The van der Waals surface area contributed by atoms with E-state index in [1.54, 1.807) is 0 Å². The number of halogens is 2. The molecule has 0 aromatic heterocycles. The zero-order valence-electron chi connectivity index (χ0n) is 21.4. The summed E-state index contributed by atoms with van der Waals surface area (Å²) in [5, 5.41) is 17.4.